The lowest BCUT2D eigenvalue weighted by molar-refractivity contribution is 0.505. The van der Waals surface area contributed by atoms with E-state index >= 15 is 0 Å². The Morgan fingerprint density at radius 2 is 1.65 bits per heavy atom. The van der Waals surface area contributed by atoms with Crippen LogP contribution in [0.1, 0.15) is 30.0 Å². The number of likely N-dealkylation sites (N-methyl/N-ethyl adjacent to an activating group) is 1. The van der Waals surface area contributed by atoms with Crippen LogP contribution < -0.4 is 5.32 Å². The van der Waals surface area contributed by atoms with Crippen LogP contribution in [0.15, 0.2) is 49.1 Å². The van der Waals surface area contributed by atoms with E-state index in [1.54, 1.807) is 6.33 Å². The molecular formula is C14H17N3. The molecule has 2 aromatic rings. The highest BCUT2D eigenvalue weighted by Crippen LogP contribution is 2.29. The van der Waals surface area contributed by atoms with E-state index in [4.69, 9.17) is 0 Å². The van der Waals surface area contributed by atoms with Gasteiger partial charge in [-0.2, -0.15) is 0 Å². The minimum absolute atomic E-state index is 0.235. The zero-order chi connectivity index (χ0) is 12.1. The average molecular weight is 227 g/mol. The molecule has 3 nitrogen and oxygen atoms in total. The van der Waals surface area contributed by atoms with E-state index in [0.29, 0.717) is 5.92 Å². The molecule has 0 bridgehead atoms. The Morgan fingerprint density at radius 3 is 2.24 bits per heavy atom. The van der Waals surface area contributed by atoms with Crippen molar-refractivity contribution in [3.8, 4) is 0 Å². The van der Waals surface area contributed by atoms with Crippen LogP contribution in [-0.4, -0.2) is 17.0 Å². The predicted octanol–water partition coefficient (Wildman–Crippen LogP) is 2.54. The summed E-state index contributed by atoms with van der Waals surface area (Å²) in [5, 5.41) is 3.34. The van der Waals surface area contributed by atoms with Gasteiger partial charge in [-0.1, -0.05) is 37.3 Å². The van der Waals surface area contributed by atoms with Crippen LogP contribution >= 0.6 is 0 Å². The summed E-state index contributed by atoms with van der Waals surface area (Å²) < 4.78 is 0. The molecule has 0 aliphatic heterocycles. The van der Waals surface area contributed by atoms with Crippen molar-refractivity contribution in [3.63, 3.8) is 0 Å². The van der Waals surface area contributed by atoms with Gasteiger partial charge in [0.05, 0.1) is 0 Å². The maximum Gasteiger partial charge on any atom is 0.115 e. The third-order valence-electron chi connectivity index (χ3n) is 3.08. The van der Waals surface area contributed by atoms with E-state index in [9.17, 15) is 0 Å². The van der Waals surface area contributed by atoms with E-state index in [0.717, 1.165) is 5.56 Å². The highest BCUT2D eigenvalue weighted by atomic mass is 14.9. The Morgan fingerprint density at radius 1 is 1.00 bits per heavy atom. The molecule has 1 N–H and O–H groups in total. The van der Waals surface area contributed by atoms with Crippen molar-refractivity contribution in [2.75, 3.05) is 7.05 Å². The minimum atomic E-state index is 0.235. The zero-order valence-corrected chi connectivity index (χ0v) is 10.2. The predicted molar refractivity (Wildman–Crippen MR) is 68.7 cm³/mol. The molecule has 2 rings (SSSR count). The van der Waals surface area contributed by atoms with Gasteiger partial charge in [-0.05, 0) is 12.6 Å². The summed E-state index contributed by atoms with van der Waals surface area (Å²) in [6, 6.07) is 10.7. The first-order chi connectivity index (χ1) is 8.33. The number of aromatic nitrogens is 2. The number of nitrogens with zero attached hydrogens (tertiary/aromatic N) is 2. The Labute approximate surface area is 102 Å². The van der Waals surface area contributed by atoms with Crippen molar-refractivity contribution in [3.05, 3.63) is 60.2 Å². The topological polar surface area (TPSA) is 37.8 Å². The maximum absolute atomic E-state index is 4.08. The fraction of sp³-hybridized carbons (Fsp3) is 0.286. The van der Waals surface area contributed by atoms with Crippen LogP contribution in [0.5, 0.6) is 0 Å². The summed E-state index contributed by atoms with van der Waals surface area (Å²) in [7, 11) is 1.97. The van der Waals surface area contributed by atoms with Gasteiger partial charge in [-0.15, -0.1) is 0 Å². The third kappa shape index (κ3) is 2.68. The van der Waals surface area contributed by atoms with Gasteiger partial charge >= 0.3 is 0 Å². The van der Waals surface area contributed by atoms with E-state index in [2.05, 4.69) is 46.5 Å². The molecule has 88 valence electrons. The monoisotopic (exact) mass is 227 g/mol. The first kappa shape index (κ1) is 11.7. The molecule has 2 atom stereocenters. The average Bonchev–Trinajstić information content (AvgIpc) is 2.42. The highest BCUT2D eigenvalue weighted by Gasteiger charge is 2.19. The smallest absolute Gasteiger partial charge is 0.115 e. The second-order valence-electron chi connectivity index (χ2n) is 4.14. The molecule has 1 heterocycles. The van der Waals surface area contributed by atoms with E-state index < -0.39 is 0 Å². The lowest BCUT2D eigenvalue weighted by Crippen LogP contribution is -2.22. The Balaban J connectivity index is 2.25. The number of hydrogen-bond donors (Lipinski definition) is 1. The third-order valence-corrected chi connectivity index (χ3v) is 3.08. The Bertz CT molecular complexity index is 442. The SMILES string of the molecule is CNC(c1cncnc1)C(C)c1ccccc1. The molecule has 3 heteroatoms. The van der Waals surface area contributed by atoms with Gasteiger partial charge < -0.3 is 5.32 Å². The van der Waals surface area contributed by atoms with Crippen LogP contribution in [-0.2, 0) is 0 Å². The molecule has 1 aromatic carbocycles. The first-order valence-corrected chi connectivity index (χ1v) is 5.80. The van der Waals surface area contributed by atoms with Crippen molar-refractivity contribution >= 4 is 0 Å². The molecule has 0 spiro atoms. The molecule has 0 aliphatic rings. The van der Waals surface area contributed by atoms with Gasteiger partial charge in [0.25, 0.3) is 0 Å². The van der Waals surface area contributed by atoms with E-state index in [1.165, 1.54) is 5.56 Å². The molecule has 1 aromatic heterocycles. The second kappa shape index (κ2) is 5.55. The fourth-order valence-corrected chi connectivity index (χ4v) is 2.13. The van der Waals surface area contributed by atoms with Crippen LogP contribution in [0, 0.1) is 0 Å². The fourth-order valence-electron chi connectivity index (χ4n) is 2.13. The summed E-state index contributed by atoms with van der Waals surface area (Å²) in [6.07, 6.45) is 5.30. The van der Waals surface area contributed by atoms with Crippen molar-refractivity contribution < 1.29 is 0 Å². The maximum atomic E-state index is 4.08. The Kier molecular flexibility index (Phi) is 3.83. The van der Waals surface area contributed by atoms with Crippen molar-refractivity contribution in [2.45, 2.75) is 18.9 Å². The van der Waals surface area contributed by atoms with Crippen LogP contribution in [0.3, 0.4) is 0 Å². The number of nitrogens with one attached hydrogen (secondary N) is 1. The number of rotatable bonds is 4. The standard InChI is InChI=1S/C14H17N3/c1-11(12-6-4-3-5-7-12)14(15-2)13-8-16-10-17-9-13/h3-11,14-15H,1-2H3. The van der Waals surface area contributed by atoms with Crippen molar-refractivity contribution in [1.29, 1.82) is 0 Å². The summed E-state index contributed by atoms with van der Waals surface area (Å²) >= 11 is 0. The lowest BCUT2D eigenvalue weighted by Gasteiger charge is -2.23. The molecule has 0 aliphatic carbocycles. The van der Waals surface area contributed by atoms with Gasteiger partial charge in [0.15, 0.2) is 0 Å². The van der Waals surface area contributed by atoms with E-state index in [1.807, 2.05) is 25.5 Å². The molecule has 0 saturated heterocycles. The van der Waals surface area contributed by atoms with Crippen LogP contribution in [0.4, 0.5) is 0 Å². The number of benzene rings is 1. The first-order valence-electron chi connectivity index (χ1n) is 5.80. The number of hydrogen-bond acceptors (Lipinski definition) is 3. The van der Waals surface area contributed by atoms with Crippen molar-refractivity contribution in [1.82, 2.24) is 15.3 Å². The summed E-state index contributed by atoms with van der Waals surface area (Å²) in [4.78, 5) is 8.16. The van der Waals surface area contributed by atoms with Gasteiger partial charge in [0.2, 0.25) is 0 Å². The molecule has 0 fully saturated rings. The molecule has 0 amide bonds. The zero-order valence-electron chi connectivity index (χ0n) is 10.2. The van der Waals surface area contributed by atoms with Crippen LogP contribution in [0.25, 0.3) is 0 Å². The van der Waals surface area contributed by atoms with Crippen LogP contribution in [0.2, 0.25) is 0 Å². The van der Waals surface area contributed by atoms with Gasteiger partial charge in [-0.3, -0.25) is 0 Å². The van der Waals surface area contributed by atoms with E-state index in [-0.39, 0.29) is 6.04 Å². The lowest BCUT2D eigenvalue weighted by atomic mass is 9.90. The molecule has 0 radical (unpaired) electrons. The normalized spacial score (nSPS) is 14.2. The summed E-state index contributed by atoms with van der Waals surface area (Å²) in [5.41, 5.74) is 2.43. The second-order valence-corrected chi connectivity index (χ2v) is 4.14. The quantitative estimate of drug-likeness (QED) is 0.872. The molecule has 17 heavy (non-hydrogen) atoms. The van der Waals surface area contributed by atoms with Crippen molar-refractivity contribution in [2.24, 2.45) is 0 Å². The van der Waals surface area contributed by atoms with Gasteiger partial charge in [-0.25, -0.2) is 9.97 Å². The molecule has 0 saturated carbocycles. The Hall–Kier alpha value is -1.74. The molecular weight excluding hydrogens is 210 g/mol. The summed E-state index contributed by atoms with van der Waals surface area (Å²) in [5.74, 6) is 0.382. The molecule has 2 unspecified atom stereocenters. The summed E-state index contributed by atoms with van der Waals surface area (Å²) in [6.45, 7) is 2.21. The van der Waals surface area contributed by atoms with Gasteiger partial charge in [0, 0.05) is 29.9 Å². The minimum Gasteiger partial charge on any atom is -0.312 e. The highest BCUT2D eigenvalue weighted by molar-refractivity contribution is 5.24. The largest absolute Gasteiger partial charge is 0.312 e. The van der Waals surface area contributed by atoms with Gasteiger partial charge in [0.1, 0.15) is 6.33 Å².